The number of alkyl carbamates (subject to hydrolysis) is 1. The number of carbonyl (C=O) groups excluding carboxylic acids is 6. The molecule has 2 heterocycles. The van der Waals surface area contributed by atoms with Gasteiger partial charge in [0.2, 0.25) is 0 Å². The standard InChI is InChI=1S/C41H45NO12S2/c1-39(2,3)54-38(48)42-28(33(43)49-23-26-13-9-8-10-14-26)21-27-17-18-29(52-36(46)40(4,5)24-50-34(44)31-15-11-19-55-31)30(22-27)53-37(47)41(6,7)25-51-35(45)32-16-12-20-56-32/h8-20,22,28H,21,23-25H2,1-7H3,(H,42,48)/t28-/m0/s1. The number of hydrogen-bond acceptors (Lipinski definition) is 14. The largest absolute Gasteiger partial charge is 0.460 e. The van der Waals surface area contributed by atoms with Crippen molar-refractivity contribution in [2.24, 2.45) is 10.8 Å². The normalized spacial score (nSPS) is 12.1. The van der Waals surface area contributed by atoms with Crippen molar-refractivity contribution in [3.63, 3.8) is 0 Å². The van der Waals surface area contributed by atoms with Crippen LogP contribution in [0.2, 0.25) is 0 Å². The van der Waals surface area contributed by atoms with Gasteiger partial charge in [0.25, 0.3) is 0 Å². The van der Waals surface area contributed by atoms with Crippen molar-refractivity contribution in [3.05, 3.63) is 104 Å². The van der Waals surface area contributed by atoms with Crippen molar-refractivity contribution in [1.82, 2.24) is 5.32 Å². The van der Waals surface area contributed by atoms with Crippen molar-refractivity contribution < 1.29 is 57.2 Å². The molecule has 0 aliphatic rings. The van der Waals surface area contributed by atoms with Gasteiger partial charge in [-0.25, -0.2) is 19.2 Å². The van der Waals surface area contributed by atoms with Gasteiger partial charge in [-0.15, -0.1) is 22.7 Å². The van der Waals surface area contributed by atoms with Crippen LogP contribution in [0.3, 0.4) is 0 Å². The van der Waals surface area contributed by atoms with Gasteiger partial charge >= 0.3 is 35.9 Å². The number of benzene rings is 2. The predicted octanol–water partition coefficient (Wildman–Crippen LogP) is 7.57. The Morgan fingerprint density at radius 2 is 1.16 bits per heavy atom. The molecule has 0 fully saturated rings. The fraction of sp³-hybridized carbons (Fsp3) is 0.366. The first kappa shape index (κ1) is 43.2. The van der Waals surface area contributed by atoms with Crippen LogP contribution in [0.1, 0.15) is 78.9 Å². The summed E-state index contributed by atoms with van der Waals surface area (Å²) in [6.07, 6.45) is -1.02. The Morgan fingerprint density at radius 3 is 1.66 bits per heavy atom. The predicted molar refractivity (Wildman–Crippen MR) is 208 cm³/mol. The highest BCUT2D eigenvalue weighted by Gasteiger charge is 2.36. The minimum absolute atomic E-state index is 0.0610. The van der Waals surface area contributed by atoms with Gasteiger partial charge in [-0.2, -0.15) is 0 Å². The summed E-state index contributed by atoms with van der Waals surface area (Å²) in [7, 11) is 0. The monoisotopic (exact) mass is 807 g/mol. The summed E-state index contributed by atoms with van der Waals surface area (Å²) in [5.74, 6) is -3.99. The van der Waals surface area contributed by atoms with Gasteiger partial charge < -0.3 is 33.7 Å². The van der Waals surface area contributed by atoms with Gasteiger partial charge in [0.1, 0.15) is 41.2 Å². The first-order valence-electron chi connectivity index (χ1n) is 17.5. The summed E-state index contributed by atoms with van der Waals surface area (Å²) in [5.41, 5.74) is -2.48. The lowest BCUT2D eigenvalue weighted by atomic mass is 9.95. The Kier molecular flexibility index (Phi) is 14.6. The number of nitrogens with one attached hydrogen (secondary N) is 1. The van der Waals surface area contributed by atoms with Crippen molar-refractivity contribution in [2.45, 2.75) is 73.1 Å². The molecule has 1 amide bonds. The number of ether oxygens (including phenoxy) is 6. The summed E-state index contributed by atoms with van der Waals surface area (Å²) >= 11 is 2.38. The van der Waals surface area contributed by atoms with Crippen LogP contribution in [-0.4, -0.2) is 60.8 Å². The molecule has 0 bridgehead atoms. The van der Waals surface area contributed by atoms with Crippen LogP contribution in [0, 0.1) is 10.8 Å². The molecular formula is C41H45NO12S2. The highest BCUT2D eigenvalue weighted by atomic mass is 32.1. The van der Waals surface area contributed by atoms with Gasteiger partial charge in [-0.1, -0.05) is 48.5 Å². The summed E-state index contributed by atoms with van der Waals surface area (Å²) in [6.45, 7) is 10.4. The third-order valence-electron chi connectivity index (χ3n) is 7.73. The van der Waals surface area contributed by atoms with E-state index in [0.29, 0.717) is 15.3 Å². The SMILES string of the molecule is CC(C)(C)OC(=O)N[C@@H](Cc1ccc(OC(=O)C(C)(C)COC(=O)c2cccs2)c(OC(=O)C(C)(C)COC(=O)c2cccs2)c1)C(=O)OCc1ccccc1. The maximum Gasteiger partial charge on any atom is 0.408 e. The Bertz CT molecular complexity index is 1980. The molecule has 0 unspecified atom stereocenters. The van der Waals surface area contributed by atoms with Gasteiger partial charge in [0, 0.05) is 6.42 Å². The molecule has 0 aliphatic heterocycles. The Morgan fingerprint density at radius 1 is 0.625 bits per heavy atom. The topological polar surface area (TPSA) is 170 Å². The molecule has 2 aromatic carbocycles. The summed E-state index contributed by atoms with van der Waals surface area (Å²) in [5, 5.41) is 6.01. The van der Waals surface area contributed by atoms with E-state index in [9.17, 15) is 28.8 Å². The second-order valence-corrected chi connectivity index (χ2v) is 16.8. The average Bonchev–Trinajstić information content (AvgIpc) is 3.88. The number of amides is 1. The second-order valence-electron chi connectivity index (χ2n) is 14.9. The molecule has 56 heavy (non-hydrogen) atoms. The van der Waals surface area contributed by atoms with Crippen LogP contribution < -0.4 is 14.8 Å². The lowest BCUT2D eigenvalue weighted by molar-refractivity contribution is -0.149. The highest BCUT2D eigenvalue weighted by molar-refractivity contribution is 7.12. The van der Waals surface area contributed by atoms with E-state index in [4.69, 9.17) is 28.4 Å². The summed E-state index contributed by atoms with van der Waals surface area (Å²) < 4.78 is 33.3. The van der Waals surface area contributed by atoms with Crippen LogP contribution in [-0.2, 0) is 46.4 Å². The molecule has 13 nitrogen and oxygen atoms in total. The zero-order valence-corrected chi connectivity index (χ0v) is 33.8. The summed E-state index contributed by atoms with van der Waals surface area (Å²) in [6, 6.07) is 18.6. The Hall–Kier alpha value is -5.54. The quantitative estimate of drug-likeness (QED) is 0.0671. The van der Waals surface area contributed by atoms with E-state index in [0.717, 1.165) is 5.56 Å². The van der Waals surface area contributed by atoms with E-state index in [-0.39, 0.29) is 37.7 Å². The van der Waals surface area contributed by atoms with Crippen LogP contribution in [0.5, 0.6) is 11.5 Å². The van der Waals surface area contributed by atoms with E-state index in [1.54, 1.807) is 80.1 Å². The lowest BCUT2D eigenvalue weighted by Crippen LogP contribution is -2.45. The van der Waals surface area contributed by atoms with Gasteiger partial charge in [-0.05, 0) is 94.6 Å². The average molecular weight is 808 g/mol. The van der Waals surface area contributed by atoms with Crippen molar-refractivity contribution in [3.8, 4) is 11.5 Å². The first-order valence-corrected chi connectivity index (χ1v) is 19.3. The summed E-state index contributed by atoms with van der Waals surface area (Å²) in [4.78, 5) is 79.1. The molecule has 0 spiro atoms. The van der Waals surface area contributed by atoms with Crippen molar-refractivity contribution >= 4 is 58.6 Å². The van der Waals surface area contributed by atoms with Gasteiger partial charge in [0.05, 0.1) is 10.8 Å². The van der Waals surface area contributed by atoms with E-state index in [1.165, 1.54) is 68.6 Å². The smallest absolute Gasteiger partial charge is 0.408 e. The van der Waals surface area contributed by atoms with Crippen LogP contribution in [0.15, 0.2) is 83.6 Å². The number of hydrogen-bond donors (Lipinski definition) is 1. The lowest BCUT2D eigenvalue weighted by Gasteiger charge is -2.25. The third-order valence-corrected chi connectivity index (χ3v) is 9.43. The third kappa shape index (κ3) is 13.0. The molecule has 4 rings (SSSR count). The molecule has 1 atom stereocenters. The molecule has 0 saturated carbocycles. The number of carbonyl (C=O) groups is 6. The molecule has 0 saturated heterocycles. The molecule has 1 N–H and O–H groups in total. The Labute approximate surface area is 333 Å². The van der Waals surface area contributed by atoms with E-state index in [2.05, 4.69) is 5.32 Å². The maximum atomic E-state index is 13.6. The fourth-order valence-corrected chi connectivity index (χ4v) is 5.80. The first-order chi connectivity index (χ1) is 26.3. The zero-order chi connectivity index (χ0) is 41.1. The molecule has 15 heteroatoms. The molecule has 2 aromatic heterocycles. The van der Waals surface area contributed by atoms with Gasteiger partial charge in [0.15, 0.2) is 11.5 Å². The van der Waals surface area contributed by atoms with Crippen LogP contribution >= 0.6 is 22.7 Å². The fourth-order valence-electron chi connectivity index (χ4n) is 4.57. The van der Waals surface area contributed by atoms with Crippen molar-refractivity contribution in [2.75, 3.05) is 13.2 Å². The highest BCUT2D eigenvalue weighted by Crippen LogP contribution is 2.34. The molecule has 0 aliphatic carbocycles. The molecule has 4 aromatic rings. The molecular weight excluding hydrogens is 763 g/mol. The van der Waals surface area contributed by atoms with Gasteiger partial charge in [-0.3, -0.25) is 9.59 Å². The van der Waals surface area contributed by atoms with Crippen LogP contribution in [0.4, 0.5) is 4.79 Å². The van der Waals surface area contributed by atoms with Crippen LogP contribution in [0.25, 0.3) is 0 Å². The van der Waals surface area contributed by atoms with E-state index < -0.39 is 58.4 Å². The Balaban J connectivity index is 1.59. The molecule has 298 valence electrons. The minimum atomic E-state index is -1.37. The van der Waals surface area contributed by atoms with E-state index >= 15 is 0 Å². The molecule has 0 radical (unpaired) electrons. The zero-order valence-electron chi connectivity index (χ0n) is 32.2. The number of thiophene rings is 2. The van der Waals surface area contributed by atoms with Crippen molar-refractivity contribution in [1.29, 1.82) is 0 Å². The maximum absolute atomic E-state index is 13.6. The second kappa shape index (κ2) is 18.9. The number of esters is 5. The van der Waals surface area contributed by atoms with E-state index in [1.807, 2.05) is 6.07 Å². The number of rotatable bonds is 16. The minimum Gasteiger partial charge on any atom is -0.460 e.